The predicted molar refractivity (Wildman–Crippen MR) is 80.4 cm³/mol. The van der Waals surface area contributed by atoms with Crippen molar-refractivity contribution in [3.8, 4) is 0 Å². The maximum Gasteiger partial charge on any atom is 0.0846 e. The molecule has 1 aliphatic rings. The molecular weight excluding hydrogens is 228 g/mol. The molecule has 3 aromatic carbocycles. The molecular formula is C19H15+. The first-order chi connectivity index (χ1) is 9.31. The third-order valence-corrected chi connectivity index (χ3v) is 4.04. The Morgan fingerprint density at radius 2 is 1.74 bits per heavy atom. The van der Waals surface area contributed by atoms with Crippen LogP contribution in [0.2, 0.25) is 0 Å². The normalized spacial score (nSPS) is 12.7. The molecule has 0 bridgehead atoms. The minimum Gasteiger partial charge on any atom is -0.0602 e. The average Bonchev–Trinajstić information content (AvgIpc) is 2.45. The molecule has 0 atom stereocenters. The summed E-state index contributed by atoms with van der Waals surface area (Å²) in [6.07, 6.45) is 3.40. The van der Waals surface area contributed by atoms with Crippen LogP contribution in [0.3, 0.4) is 0 Å². The van der Waals surface area contributed by atoms with E-state index in [9.17, 15) is 0 Å². The molecule has 0 aromatic heterocycles. The lowest BCUT2D eigenvalue weighted by Gasteiger charge is -2.15. The van der Waals surface area contributed by atoms with Gasteiger partial charge in [0.2, 0.25) is 0 Å². The fourth-order valence-corrected chi connectivity index (χ4v) is 3.04. The highest BCUT2D eigenvalue weighted by atomic mass is 14.2. The van der Waals surface area contributed by atoms with Gasteiger partial charge in [0.15, 0.2) is 0 Å². The molecule has 3 aromatic rings. The maximum atomic E-state index is 2.35. The van der Waals surface area contributed by atoms with Crippen molar-refractivity contribution in [2.45, 2.75) is 13.3 Å². The molecule has 0 spiro atoms. The molecule has 0 heterocycles. The Morgan fingerprint density at radius 3 is 2.68 bits per heavy atom. The molecule has 1 aliphatic carbocycles. The second-order valence-electron chi connectivity index (χ2n) is 5.38. The van der Waals surface area contributed by atoms with Crippen molar-refractivity contribution in [3.05, 3.63) is 88.8 Å². The Labute approximate surface area is 113 Å². The molecule has 19 heavy (non-hydrogen) atoms. The summed E-state index contributed by atoms with van der Waals surface area (Å²) in [5.74, 6) is 0. The van der Waals surface area contributed by atoms with Gasteiger partial charge in [-0.1, -0.05) is 12.1 Å². The number of hydrogen-bond acceptors (Lipinski definition) is 0. The van der Waals surface area contributed by atoms with Crippen LogP contribution in [0.4, 0.5) is 0 Å². The monoisotopic (exact) mass is 243 g/mol. The molecule has 4 rings (SSSR count). The van der Waals surface area contributed by atoms with E-state index in [4.69, 9.17) is 0 Å². The van der Waals surface area contributed by atoms with E-state index in [0.717, 1.165) is 6.42 Å². The van der Waals surface area contributed by atoms with Crippen molar-refractivity contribution in [2.75, 3.05) is 0 Å². The molecule has 0 heteroatoms. The average molecular weight is 243 g/mol. The Hall–Kier alpha value is -2.21. The van der Waals surface area contributed by atoms with Crippen LogP contribution in [-0.4, -0.2) is 0 Å². The Balaban J connectivity index is 1.95. The Kier molecular flexibility index (Phi) is 2.19. The van der Waals surface area contributed by atoms with Gasteiger partial charge in [0.05, 0.1) is 22.9 Å². The molecule has 0 radical (unpaired) electrons. The van der Waals surface area contributed by atoms with Gasteiger partial charge in [0.1, 0.15) is 0 Å². The van der Waals surface area contributed by atoms with Gasteiger partial charge in [-0.25, -0.2) is 0 Å². The first-order valence-corrected chi connectivity index (χ1v) is 6.76. The largest absolute Gasteiger partial charge is 0.0846 e. The zero-order valence-electron chi connectivity index (χ0n) is 11.0. The molecule has 0 saturated heterocycles. The van der Waals surface area contributed by atoms with Crippen molar-refractivity contribution >= 4 is 10.8 Å². The van der Waals surface area contributed by atoms with Gasteiger partial charge in [0.25, 0.3) is 0 Å². The van der Waals surface area contributed by atoms with E-state index in [-0.39, 0.29) is 0 Å². The van der Waals surface area contributed by atoms with Crippen molar-refractivity contribution in [2.24, 2.45) is 0 Å². The lowest BCUT2D eigenvalue weighted by molar-refractivity contribution is 1.10. The third-order valence-electron chi connectivity index (χ3n) is 4.04. The zero-order chi connectivity index (χ0) is 12.8. The fourth-order valence-electron chi connectivity index (χ4n) is 3.04. The minimum atomic E-state index is 1.05. The highest BCUT2D eigenvalue weighted by Gasteiger charge is 2.24. The lowest BCUT2D eigenvalue weighted by atomic mass is 9.83. The van der Waals surface area contributed by atoms with Crippen molar-refractivity contribution in [3.63, 3.8) is 0 Å². The molecule has 0 nitrogen and oxygen atoms in total. The number of fused-ring (bicyclic) bond motifs is 4. The zero-order valence-corrected chi connectivity index (χ0v) is 11.0. The highest BCUT2D eigenvalue weighted by Crippen LogP contribution is 2.33. The van der Waals surface area contributed by atoms with E-state index in [2.05, 4.69) is 67.9 Å². The molecule has 0 amide bonds. The summed E-state index contributed by atoms with van der Waals surface area (Å²) in [7, 11) is 0. The van der Waals surface area contributed by atoms with Crippen LogP contribution in [-0.2, 0) is 6.42 Å². The van der Waals surface area contributed by atoms with Gasteiger partial charge in [-0.2, -0.15) is 0 Å². The fraction of sp³-hybridized carbons (Fsp3) is 0.105. The number of hydrogen-bond donors (Lipinski definition) is 0. The van der Waals surface area contributed by atoms with Gasteiger partial charge in [0, 0.05) is 29.0 Å². The van der Waals surface area contributed by atoms with E-state index < -0.39 is 0 Å². The van der Waals surface area contributed by atoms with E-state index >= 15 is 0 Å². The van der Waals surface area contributed by atoms with Gasteiger partial charge in [-0.15, -0.1) is 0 Å². The van der Waals surface area contributed by atoms with Crippen LogP contribution < -0.4 is 0 Å². The first kappa shape index (κ1) is 10.7. The SMILES string of the molecule is Cc1ccc2c(c1)[CH+]c1c(ccc3ccccc13)C2. The number of rotatable bonds is 0. The number of benzene rings is 3. The smallest absolute Gasteiger partial charge is 0.0602 e. The Bertz CT molecular complexity index is 781. The summed E-state index contributed by atoms with van der Waals surface area (Å²) in [6, 6.07) is 19.9. The Morgan fingerprint density at radius 1 is 0.895 bits per heavy atom. The summed E-state index contributed by atoms with van der Waals surface area (Å²) in [6.45, 7) is 2.16. The molecule has 0 fully saturated rings. The first-order valence-electron chi connectivity index (χ1n) is 6.76. The van der Waals surface area contributed by atoms with Crippen LogP contribution in [0.15, 0.2) is 54.6 Å². The van der Waals surface area contributed by atoms with Crippen molar-refractivity contribution in [1.82, 2.24) is 0 Å². The molecule has 0 aliphatic heterocycles. The van der Waals surface area contributed by atoms with E-state index in [1.165, 1.54) is 38.6 Å². The summed E-state index contributed by atoms with van der Waals surface area (Å²) >= 11 is 0. The highest BCUT2D eigenvalue weighted by molar-refractivity contribution is 5.89. The summed E-state index contributed by atoms with van der Waals surface area (Å²) < 4.78 is 0. The molecule has 0 saturated carbocycles. The topological polar surface area (TPSA) is 0 Å². The standard InChI is InChI=1S/C19H15/c1-13-6-7-15-11-16-9-8-14-4-2-3-5-18(14)19(16)12-17(15)10-13/h2-10,12H,11H2,1H3/q+1. The molecule has 0 unspecified atom stereocenters. The van der Waals surface area contributed by atoms with Crippen LogP contribution in [0, 0.1) is 13.3 Å². The quantitative estimate of drug-likeness (QED) is 0.394. The van der Waals surface area contributed by atoms with Crippen LogP contribution in [0.5, 0.6) is 0 Å². The second-order valence-corrected chi connectivity index (χ2v) is 5.38. The molecule has 0 N–H and O–H groups in total. The van der Waals surface area contributed by atoms with Gasteiger partial charge in [-0.05, 0) is 48.9 Å². The van der Waals surface area contributed by atoms with Crippen LogP contribution >= 0.6 is 0 Å². The van der Waals surface area contributed by atoms with Crippen molar-refractivity contribution < 1.29 is 0 Å². The summed E-state index contributed by atoms with van der Waals surface area (Å²) in [5, 5.41) is 2.70. The summed E-state index contributed by atoms with van der Waals surface area (Å²) in [4.78, 5) is 0. The molecule has 90 valence electrons. The van der Waals surface area contributed by atoms with Gasteiger partial charge in [-0.3, -0.25) is 0 Å². The number of aryl methyl sites for hydroxylation is 1. The van der Waals surface area contributed by atoms with Gasteiger partial charge >= 0.3 is 0 Å². The van der Waals surface area contributed by atoms with Crippen molar-refractivity contribution in [1.29, 1.82) is 0 Å². The van der Waals surface area contributed by atoms with E-state index in [1.54, 1.807) is 0 Å². The van der Waals surface area contributed by atoms with Crippen LogP contribution in [0.25, 0.3) is 10.8 Å². The van der Waals surface area contributed by atoms with Crippen LogP contribution in [0.1, 0.15) is 27.8 Å². The lowest BCUT2D eigenvalue weighted by Crippen LogP contribution is -2.06. The second kappa shape index (κ2) is 3.89. The summed E-state index contributed by atoms with van der Waals surface area (Å²) in [5.41, 5.74) is 6.99. The van der Waals surface area contributed by atoms with E-state index in [1.807, 2.05) is 0 Å². The van der Waals surface area contributed by atoms with E-state index in [0.29, 0.717) is 0 Å². The van der Waals surface area contributed by atoms with Gasteiger partial charge < -0.3 is 0 Å². The minimum absolute atomic E-state index is 1.05. The predicted octanol–water partition coefficient (Wildman–Crippen LogP) is 4.65. The third kappa shape index (κ3) is 1.64. The maximum absolute atomic E-state index is 2.35.